The largest absolute Gasteiger partial charge is 0.550 e. The van der Waals surface area contributed by atoms with E-state index < -0.39 is 12.1 Å². The molecule has 0 spiro atoms. The summed E-state index contributed by atoms with van der Waals surface area (Å²) in [6.07, 6.45) is -0.776. The number of nitrogens with zero attached hydrogens (tertiary/aromatic N) is 1. The fraction of sp³-hybridized carbons (Fsp3) is 0.714. The van der Waals surface area contributed by atoms with E-state index in [0.29, 0.717) is 6.54 Å². The molecule has 0 heterocycles. The maximum absolute atomic E-state index is 10.8. The second-order valence-electron chi connectivity index (χ2n) is 2.25. The average molecular weight is 174 g/mol. The molecular formula is C7H12NO4-. The van der Waals surface area contributed by atoms with Crippen LogP contribution in [0.2, 0.25) is 0 Å². The molecule has 0 unspecified atom stereocenters. The molecule has 5 nitrogen and oxygen atoms in total. The summed E-state index contributed by atoms with van der Waals surface area (Å²) >= 11 is 0. The maximum atomic E-state index is 10.8. The molecule has 1 amide bonds. The zero-order valence-corrected chi connectivity index (χ0v) is 7.20. The fourth-order valence-electron chi connectivity index (χ4n) is 0.461. The second-order valence-corrected chi connectivity index (χ2v) is 2.25. The van der Waals surface area contributed by atoms with Crippen LogP contribution >= 0.6 is 0 Å². The van der Waals surface area contributed by atoms with Crippen LogP contribution < -0.4 is 5.11 Å². The Hall–Kier alpha value is -1.26. The molecule has 5 heteroatoms. The van der Waals surface area contributed by atoms with E-state index in [1.165, 1.54) is 4.90 Å². The summed E-state index contributed by atoms with van der Waals surface area (Å²) in [5, 5.41) is 9.90. The molecule has 0 aliphatic carbocycles. The first kappa shape index (κ1) is 10.7. The molecule has 0 N–H and O–H groups in total. The van der Waals surface area contributed by atoms with Gasteiger partial charge in [-0.15, -0.1) is 0 Å². The van der Waals surface area contributed by atoms with Crippen molar-refractivity contribution in [2.75, 3.05) is 20.2 Å². The van der Waals surface area contributed by atoms with Crippen LogP contribution in [0.5, 0.6) is 0 Å². The first-order valence-corrected chi connectivity index (χ1v) is 3.65. The minimum atomic E-state index is -1.22. The SMILES string of the molecule is CCN(C)C(=O)OCCC(=O)[O-]. The lowest BCUT2D eigenvalue weighted by Crippen LogP contribution is -2.29. The molecular weight excluding hydrogens is 162 g/mol. The Morgan fingerprint density at radius 1 is 1.50 bits per heavy atom. The van der Waals surface area contributed by atoms with Gasteiger partial charge in [0.2, 0.25) is 0 Å². The van der Waals surface area contributed by atoms with Crippen LogP contribution in [0.15, 0.2) is 0 Å². The summed E-state index contributed by atoms with van der Waals surface area (Å²) in [6.45, 7) is 2.19. The summed E-state index contributed by atoms with van der Waals surface area (Å²) in [7, 11) is 1.57. The molecule has 12 heavy (non-hydrogen) atoms. The van der Waals surface area contributed by atoms with Gasteiger partial charge >= 0.3 is 6.09 Å². The summed E-state index contributed by atoms with van der Waals surface area (Å²) in [5.41, 5.74) is 0. The number of aliphatic carboxylic acids is 1. The van der Waals surface area contributed by atoms with E-state index in [1.54, 1.807) is 14.0 Å². The lowest BCUT2D eigenvalue weighted by Gasteiger charge is -2.14. The van der Waals surface area contributed by atoms with Crippen molar-refractivity contribution >= 4 is 12.1 Å². The molecule has 0 aromatic rings. The van der Waals surface area contributed by atoms with Crippen LogP contribution in [0.4, 0.5) is 4.79 Å². The quantitative estimate of drug-likeness (QED) is 0.560. The maximum Gasteiger partial charge on any atom is 0.409 e. The Morgan fingerprint density at radius 2 is 2.08 bits per heavy atom. The van der Waals surface area contributed by atoms with Crippen LogP contribution in [0.25, 0.3) is 0 Å². The van der Waals surface area contributed by atoms with Gasteiger partial charge < -0.3 is 19.5 Å². The Balaban J connectivity index is 3.50. The van der Waals surface area contributed by atoms with Crippen LogP contribution in [0, 0.1) is 0 Å². The van der Waals surface area contributed by atoms with Crippen molar-refractivity contribution in [2.24, 2.45) is 0 Å². The number of hydrogen-bond acceptors (Lipinski definition) is 4. The summed E-state index contributed by atoms with van der Waals surface area (Å²) in [4.78, 5) is 22.1. The topological polar surface area (TPSA) is 69.7 Å². The number of carbonyl (C=O) groups excluding carboxylic acids is 2. The molecule has 0 radical (unpaired) electrons. The zero-order chi connectivity index (χ0) is 9.56. The third kappa shape index (κ3) is 4.54. The number of carbonyl (C=O) groups is 2. The van der Waals surface area contributed by atoms with Crippen molar-refractivity contribution in [3.05, 3.63) is 0 Å². The van der Waals surface area contributed by atoms with Crippen LogP contribution in [-0.2, 0) is 9.53 Å². The predicted octanol–water partition coefficient (Wildman–Crippen LogP) is -0.785. The molecule has 0 aromatic carbocycles. The lowest BCUT2D eigenvalue weighted by atomic mass is 10.5. The highest BCUT2D eigenvalue weighted by Gasteiger charge is 2.05. The number of amides is 1. The highest BCUT2D eigenvalue weighted by atomic mass is 16.6. The third-order valence-corrected chi connectivity index (χ3v) is 1.32. The van der Waals surface area contributed by atoms with Crippen LogP contribution in [0.3, 0.4) is 0 Å². The average Bonchev–Trinajstić information content (AvgIpc) is 2.02. The number of rotatable bonds is 4. The molecule has 0 saturated carbocycles. The van der Waals surface area contributed by atoms with Gasteiger partial charge in [-0.3, -0.25) is 0 Å². The molecule has 70 valence electrons. The number of hydrogen-bond donors (Lipinski definition) is 0. The van der Waals surface area contributed by atoms with Gasteiger partial charge in [0.25, 0.3) is 0 Å². The van der Waals surface area contributed by atoms with Gasteiger partial charge in [0.15, 0.2) is 0 Å². The van der Waals surface area contributed by atoms with E-state index in [4.69, 9.17) is 0 Å². The Morgan fingerprint density at radius 3 is 2.50 bits per heavy atom. The highest BCUT2D eigenvalue weighted by Crippen LogP contribution is 1.90. The first-order valence-electron chi connectivity index (χ1n) is 3.65. The van der Waals surface area contributed by atoms with E-state index in [-0.39, 0.29) is 13.0 Å². The monoisotopic (exact) mass is 174 g/mol. The third-order valence-electron chi connectivity index (χ3n) is 1.32. The minimum absolute atomic E-state index is 0.133. The molecule has 0 saturated heterocycles. The van der Waals surface area contributed by atoms with Crippen molar-refractivity contribution in [3.63, 3.8) is 0 Å². The Kier molecular flexibility index (Phi) is 4.83. The van der Waals surface area contributed by atoms with E-state index in [9.17, 15) is 14.7 Å². The van der Waals surface area contributed by atoms with E-state index in [2.05, 4.69) is 4.74 Å². The van der Waals surface area contributed by atoms with Gasteiger partial charge in [-0.1, -0.05) is 0 Å². The van der Waals surface area contributed by atoms with Crippen molar-refractivity contribution in [1.82, 2.24) is 4.90 Å². The van der Waals surface area contributed by atoms with Gasteiger partial charge in [-0.25, -0.2) is 4.79 Å². The number of ether oxygens (including phenoxy) is 1. The molecule has 0 aromatic heterocycles. The van der Waals surface area contributed by atoms with Gasteiger partial charge in [0.1, 0.15) is 0 Å². The van der Waals surface area contributed by atoms with Crippen molar-refractivity contribution in [1.29, 1.82) is 0 Å². The van der Waals surface area contributed by atoms with Gasteiger partial charge in [-0.2, -0.15) is 0 Å². The Bertz CT molecular complexity index is 169. The smallest absolute Gasteiger partial charge is 0.409 e. The molecule has 0 fully saturated rings. The van der Waals surface area contributed by atoms with E-state index in [1.807, 2.05) is 0 Å². The molecule has 0 bridgehead atoms. The first-order chi connectivity index (χ1) is 5.57. The van der Waals surface area contributed by atoms with Crippen molar-refractivity contribution in [3.8, 4) is 0 Å². The van der Waals surface area contributed by atoms with Gasteiger partial charge in [-0.05, 0) is 6.92 Å². The Labute approximate surface area is 70.9 Å². The van der Waals surface area contributed by atoms with Crippen LogP contribution in [-0.4, -0.2) is 37.2 Å². The molecule has 0 aliphatic heterocycles. The van der Waals surface area contributed by atoms with Gasteiger partial charge in [0, 0.05) is 26.0 Å². The van der Waals surface area contributed by atoms with E-state index >= 15 is 0 Å². The van der Waals surface area contributed by atoms with Crippen LogP contribution in [0.1, 0.15) is 13.3 Å². The predicted molar refractivity (Wildman–Crippen MR) is 39.3 cm³/mol. The molecule has 0 atom stereocenters. The summed E-state index contributed by atoms with van der Waals surface area (Å²) in [6, 6.07) is 0. The second kappa shape index (κ2) is 5.40. The summed E-state index contributed by atoms with van der Waals surface area (Å²) in [5.74, 6) is -1.22. The molecule has 0 aliphatic rings. The lowest BCUT2D eigenvalue weighted by molar-refractivity contribution is -0.306. The normalized spacial score (nSPS) is 9.17. The number of carboxylic acid groups (broad SMARTS) is 1. The molecule has 0 rings (SSSR count). The minimum Gasteiger partial charge on any atom is -0.550 e. The van der Waals surface area contributed by atoms with Gasteiger partial charge in [0.05, 0.1) is 6.61 Å². The van der Waals surface area contributed by atoms with Crippen molar-refractivity contribution in [2.45, 2.75) is 13.3 Å². The zero-order valence-electron chi connectivity index (χ0n) is 7.20. The van der Waals surface area contributed by atoms with Crippen molar-refractivity contribution < 1.29 is 19.4 Å². The summed E-state index contributed by atoms with van der Waals surface area (Å²) < 4.78 is 4.57. The fourth-order valence-corrected chi connectivity index (χ4v) is 0.461. The number of carboxylic acids is 1. The standard InChI is InChI=1S/C7H13NO4/c1-3-8(2)7(11)12-5-4-6(9)10/h3-5H2,1-2H3,(H,9,10)/p-1. The van der Waals surface area contributed by atoms with E-state index in [0.717, 1.165) is 0 Å². The highest BCUT2D eigenvalue weighted by molar-refractivity contribution is 5.68.